The number of rotatable bonds is 3. The Morgan fingerprint density at radius 2 is 1.58 bits per heavy atom. The van der Waals surface area contributed by atoms with Crippen molar-refractivity contribution in [2.24, 2.45) is 0 Å². The SMILES string of the molecule is O=C(Nn1cnc2ccccc21)c1cnc(-c2ccccc2)nc1. The molecule has 0 aliphatic carbocycles. The Labute approximate surface area is 137 Å². The summed E-state index contributed by atoms with van der Waals surface area (Å²) in [5, 5.41) is 0. The molecule has 6 heteroatoms. The fourth-order valence-corrected chi connectivity index (χ4v) is 2.40. The molecule has 0 spiro atoms. The Hall–Kier alpha value is -3.54. The van der Waals surface area contributed by atoms with Crippen LogP contribution in [0, 0.1) is 0 Å². The number of amides is 1. The highest BCUT2D eigenvalue weighted by Gasteiger charge is 2.10. The monoisotopic (exact) mass is 315 g/mol. The van der Waals surface area contributed by atoms with Crippen molar-refractivity contribution in [1.82, 2.24) is 19.6 Å². The molecular weight excluding hydrogens is 302 g/mol. The number of aromatic nitrogens is 4. The molecule has 0 saturated heterocycles. The number of nitrogens with zero attached hydrogens (tertiary/aromatic N) is 4. The molecule has 0 radical (unpaired) electrons. The third kappa shape index (κ3) is 2.61. The number of carbonyl (C=O) groups is 1. The molecule has 4 aromatic rings. The highest BCUT2D eigenvalue weighted by atomic mass is 16.2. The average Bonchev–Trinajstić information content (AvgIpc) is 3.06. The van der Waals surface area contributed by atoms with Crippen LogP contribution in [0.1, 0.15) is 10.4 Å². The third-order valence-electron chi connectivity index (χ3n) is 3.62. The van der Waals surface area contributed by atoms with E-state index in [1.54, 1.807) is 11.0 Å². The van der Waals surface area contributed by atoms with Gasteiger partial charge < -0.3 is 0 Å². The zero-order valence-corrected chi connectivity index (χ0v) is 12.6. The smallest absolute Gasteiger partial charge is 0.267 e. The Bertz CT molecular complexity index is 993. The second kappa shape index (κ2) is 5.92. The maximum Gasteiger partial charge on any atom is 0.273 e. The molecule has 0 bridgehead atoms. The number of fused-ring (bicyclic) bond motifs is 1. The molecule has 1 N–H and O–H groups in total. The van der Waals surface area contributed by atoms with Crippen LogP contribution in [0.15, 0.2) is 73.3 Å². The van der Waals surface area contributed by atoms with Gasteiger partial charge in [-0.25, -0.2) is 19.6 Å². The van der Waals surface area contributed by atoms with Crippen molar-refractivity contribution in [3.05, 3.63) is 78.9 Å². The van der Waals surface area contributed by atoms with Crippen molar-refractivity contribution in [2.75, 3.05) is 5.43 Å². The van der Waals surface area contributed by atoms with Gasteiger partial charge >= 0.3 is 0 Å². The number of benzene rings is 2. The number of nitrogens with one attached hydrogen (secondary N) is 1. The van der Waals surface area contributed by atoms with Crippen LogP contribution in [0.5, 0.6) is 0 Å². The van der Waals surface area contributed by atoms with Gasteiger partial charge in [-0.05, 0) is 12.1 Å². The van der Waals surface area contributed by atoms with Gasteiger partial charge in [0.2, 0.25) is 0 Å². The van der Waals surface area contributed by atoms with Crippen molar-refractivity contribution in [3.63, 3.8) is 0 Å². The summed E-state index contributed by atoms with van der Waals surface area (Å²) in [5.41, 5.74) is 5.70. The molecule has 6 nitrogen and oxygen atoms in total. The third-order valence-corrected chi connectivity index (χ3v) is 3.62. The summed E-state index contributed by atoms with van der Waals surface area (Å²) in [4.78, 5) is 25.1. The highest BCUT2D eigenvalue weighted by molar-refractivity contribution is 6.00. The summed E-state index contributed by atoms with van der Waals surface area (Å²) < 4.78 is 1.59. The standard InChI is InChI=1S/C18H13N5O/c24-18(22-23-12-21-15-8-4-5-9-16(15)23)14-10-19-17(20-11-14)13-6-2-1-3-7-13/h1-12H,(H,22,24). The molecule has 0 atom stereocenters. The molecule has 0 fully saturated rings. The van der Waals surface area contributed by atoms with Crippen LogP contribution in [0.25, 0.3) is 22.4 Å². The average molecular weight is 315 g/mol. The van der Waals surface area contributed by atoms with Gasteiger partial charge in [0.05, 0.1) is 16.6 Å². The van der Waals surface area contributed by atoms with E-state index < -0.39 is 0 Å². The quantitative estimate of drug-likeness (QED) is 0.631. The molecule has 2 heterocycles. The van der Waals surface area contributed by atoms with E-state index in [9.17, 15) is 4.79 Å². The minimum absolute atomic E-state index is 0.294. The summed E-state index contributed by atoms with van der Waals surface area (Å²) in [6.45, 7) is 0. The van der Waals surface area contributed by atoms with Crippen LogP contribution in [-0.4, -0.2) is 25.5 Å². The second-order valence-corrected chi connectivity index (χ2v) is 5.21. The Morgan fingerprint density at radius 3 is 2.38 bits per heavy atom. The fraction of sp³-hybridized carbons (Fsp3) is 0. The first-order valence-electron chi connectivity index (χ1n) is 7.42. The highest BCUT2D eigenvalue weighted by Crippen LogP contribution is 2.14. The van der Waals surface area contributed by atoms with Crippen LogP contribution < -0.4 is 5.43 Å². The molecule has 116 valence electrons. The van der Waals surface area contributed by atoms with Gasteiger partial charge in [0.25, 0.3) is 5.91 Å². The van der Waals surface area contributed by atoms with Crippen LogP contribution in [-0.2, 0) is 0 Å². The van der Waals surface area contributed by atoms with E-state index in [2.05, 4.69) is 20.4 Å². The van der Waals surface area contributed by atoms with Gasteiger partial charge in [0.1, 0.15) is 6.33 Å². The number of imidazole rings is 1. The van der Waals surface area contributed by atoms with Crippen LogP contribution in [0.2, 0.25) is 0 Å². The van der Waals surface area contributed by atoms with E-state index >= 15 is 0 Å². The van der Waals surface area contributed by atoms with Gasteiger partial charge in [-0.1, -0.05) is 42.5 Å². The van der Waals surface area contributed by atoms with Gasteiger partial charge in [0.15, 0.2) is 5.82 Å². The van der Waals surface area contributed by atoms with E-state index in [0.717, 1.165) is 16.6 Å². The van der Waals surface area contributed by atoms with Gasteiger partial charge in [0, 0.05) is 18.0 Å². The summed E-state index contributed by atoms with van der Waals surface area (Å²) >= 11 is 0. The molecule has 2 aromatic heterocycles. The van der Waals surface area contributed by atoms with E-state index in [0.29, 0.717) is 11.4 Å². The number of hydrogen-bond donors (Lipinski definition) is 1. The number of para-hydroxylation sites is 2. The number of carbonyl (C=O) groups excluding carboxylic acids is 1. The molecule has 0 saturated carbocycles. The van der Waals surface area contributed by atoms with Crippen molar-refractivity contribution >= 4 is 16.9 Å². The van der Waals surface area contributed by atoms with E-state index in [1.807, 2.05) is 54.6 Å². The largest absolute Gasteiger partial charge is 0.273 e. The lowest BCUT2D eigenvalue weighted by molar-refractivity contribution is 0.101. The summed E-state index contributed by atoms with van der Waals surface area (Å²) in [6.07, 6.45) is 4.61. The van der Waals surface area contributed by atoms with Gasteiger partial charge in [-0.3, -0.25) is 10.2 Å². The second-order valence-electron chi connectivity index (χ2n) is 5.21. The zero-order valence-electron chi connectivity index (χ0n) is 12.6. The Kier molecular flexibility index (Phi) is 3.47. The lowest BCUT2D eigenvalue weighted by Gasteiger charge is -2.07. The lowest BCUT2D eigenvalue weighted by atomic mass is 10.2. The maximum absolute atomic E-state index is 12.4. The summed E-state index contributed by atoms with van der Waals surface area (Å²) in [5.74, 6) is 0.290. The zero-order chi connectivity index (χ0) is 16.4. The summed E-state index contributed by atoms with van der Waals surface area (Å²) in [7, 11) is 0. The molecular formula is C18H13N5O. The minimum atomic E-state index is -0.294. The van der Waals surface area contributed by atoms with Crippen molar-refractivity contribution in [3.8, 4) is 11.4 Å². The van der Waals surface area contributed by atoms with Crippen LogP contribution in [0.4, 0.5) is 0 Å². The minimum Gasteiger partial charge on any atom is -0.267 e. The van der Waals surface area contributed by atoms with E-state index in [4.69, 9.17) is 0 Å². The van der Waals surface area contributed by atoms with Crippen molar-refractivity contribution in [1.29, 1.82) is 0 Å². The van der Waals surface area contributed by atoms with Crippen LogP contribution in [0.3, 0.4) is 0 Å². The van der Waals surface area contributed by atoms with Crippen molar-refractivity contribution in [2.45, 2.75) is 0 Å². The lowest BCUT2D eigenvalue weighted by Crippen LogP contribution is -2.22. The topological polar surface area (TPSA) is 72.7 Å². The molecule has 0 aliphatic heterocycles. The Morgan fingerprint density at radius 1 is 0.875 bits per heavy atom. The van der Waals surface area contributed by atoms with Crippen molar-refractivity contribution < 1.29 is 4.79 Å². The Balaban J connectivity index is 1.56. The van der Waals surface area contributed by atoms with E-state index in [1.165, 1.54) is 12.4 Å². The predicted molar refractivity (Wildman–Crippen MR) is 90.9 cm³/mol. The number of hydrogen-bond acceptors (Lipinski definition) is 4. The summed E-state index contributed by atoms with van der Waals surface area (Å²) in [6, 6.07) is 17.2. The van der Waals surface area contributed by atoms with Crippen LogP contribution >= 0.6 is 0 Å². The molecule has 0 aliphatic rings. The fourth-order valence-electron chi connectivity index (χ4n) is 2.40. The maximum atomic E-state index is 12.4. The van der Waals surface area contributed by atoms with E-state index in [-0.39, 0.29) is 5.91 Å². The first kappa shape index (κ1) is 14.1. The normalized spacial score (nSPS) is 10.7. The first-order valence-corrected chi connectivity index (χ1v) is 7.42. The molecule has 2 aromatic carbocycles. The predicted octanol–water partition coefficient (Wildman–Crippen LogP) is 2.88. The molecule has 1 amide bonds. The van der Waals surface area contributed by atoms with Gasteiger partial charge in [-0.15, -0.1) is 0 Å². The molecule has 24 heavy (non-hydrogen) atoms. The first-order chi connectivity index (χ1) is 11.8. The van der Waals surface area contributed by atoms with Gasteiger partial charge in [-0.2, -0.15) is 0 Å². The molecule has 4 rings (SSSR count). The molecule has 0 unspecified atom stereocenters.